The summed E-state index contributed by atoms with van der Waals surface area (Å²) in [5.74, 6) is 0.902. The van der Waals surface area contributed by atoms with Gasteiger partial charge < -0.3 is 0 Å². The molecule has 0 saturated carbocycles. The number of hydrogen-bond donors (Lipinski definition) is 0. The van der Waals surface area contributed by atoms with Gasteiger partial charge >= 0.3 is 0 Å². The lowest BCUT2D eigenvalue weighted by molar-refractivity contribution is 0.634. The van der Waals surface area contributed by atoms with E-state index in [1.165, 1.54) is 100 Å². The van der Waals surface area contributed by atoms with Crippen LogP contribution in [0, 0.1) is 6.92 Å². The van der Waals surface area contributed by atoms with Crippen molar-refractivity contribution in [3.8, 4) is 33.4 Å². The molecule has 2 aliphatic carbocycles. The van der Waals surface area contributed by atoms with Crippen molar-refractivity contribution < 1.29 is 0 Å². The second-order valence-corrected chi connectivity index (χ2v) is 16.9. The highest BCUT2D eigenvalue weighted by molar-refractivity contribution is 5.91. The molecule has 0 amide bonds. The quantitative estimate of drug-likeness (QED) is 0.137. The largest absolute Gasteiger partial charge is 0.0648 e. The van der Waals surface area contributed by atoms with E-state index in [0.29, 0.717) is 11.8 Å². The van der Waals surface area contributed by atoms with E-state index >= 15 is 0 Å². The molecule has 9 rings (SSSR count). The molecule has 2 aliphatic rings. The molecule has 0 fully saturated rings. The maximum atomic E-state index is 2.50. The Morgan fingerprint density at radius 1 is 0.542 bits per heavy atom. The number of rotatable bonds is 9. The van der Waals surface area contributed by atoms with Gasteiger partial charge in [0.05, 0.1) is 0 Å². The second-order valence-electron chi connectivity index (χ2n) is 16.9. The lowest BCUT2D eigenvalue weighted by Crippen LogP contribution is -2.20. The molecule has 290 valence electrons. The maximum absolute atomic E-state index is 2.50. The highest BCUT2D eigenvalue weighted by Gasteiger charge is 2.36. The van der Waals surface area contributed by atoms with E-state index in [-0.39, 0.29) is 5.92 Å². The summed E-state index contributed by atoms with van der Waals surface area (Å²) in [6.07, 6.45) is 5.41. The van der Waals surface area contributed by atoms with Gasteiger partial charge in [-0.15, -0.1) is 0 Å². The smallest absolute Gasteiger partial charge is 0.0164 e. The van der Waals surface area contributed by atoms with Crippen molar-refractivity contribution >= 4 is 11.1 Å². The molecule has 0 saturated heterocycles. The van der Waals surface area contributed by atoms with Gasteiger partial charge in [-0.2, -0.15) is 0 Å². The average molecular weight is 763 g/mol. The molecule has 3 unspecified atom stereocenters. The van der Waals surface area contributed by atoms with Crippen molar-refractivity contribution in [2.45, 2.75) is 71.6 Å². The zero-order chi connectivity index (χ0) is 40.5. The summed E-state index contributed by atoms with van der Waals surface area (Å²) in [5, 5.41) is 0. The Morgan fingerprint density at radius 3 is 1.83 bits per heavy atom. The van der Waals surface area contributed by atoms with E-state index in [4.69, 9.17) is 0 Å². The molecule has 0 nitrogen and oxygen atoms in total. The summed E-state index contributed by atoms with van der Waals surface area (Å²) in [6.45, 7) is 11.9. The van der Waals surface area contributed by atoms with E-state index in [9.17, 15) is 0 Å². The van der Waals surface area contributed by atoms with Crippen LogP contribution in [0.4, 0.5) is 0 Å². The van der Waals surface area contributed by atoms with Crippen LogP contribution in [0.5, 0.6) is 0 Å². The molecule has 7 aromatic rings. The van der Waals surface area contributed by atoms with Gasteiger partial charge in [-0.25, -0.2) is 0 Å². The Bertz CT molecular complexity index is 2720. The molecule has 0 spiro atoms. The van der Waals surface area contributed by atoms with Gasteiger partial charge in [-0.05, 0) is 158 Å². The fourth-order valence-corrected chi connectivity index (χ4v) is 10.2. The third-order valence-electron chi connectivity index (χ3n) is 13.1. The molecule has 0 aromatic heterocycles. The number of benzene rings is 7. The monoisotopic (exact) mass is 762 g/mol. The minimum Gasteiger partial charge on any atom is -0.0648 e. The first-order valence-electron chi connectivity index (χ1n) is 21.6. The van der Waals surface area contributed by atoms with Crippen LogP contribution in [0.25, 0.3) is 44.5 Å². The lowest BCUT2D eigenvalue weighted by Gasteiger charge is -2.37. The van der Waals surface area contributed by atoms with Crippen LogP contribution in [0.1, 0.15) is 97.2 Å². The molecule has 0 heteroatoms. The van der Waals surface area contributed by atoms with Crippen LogP contribution < -0.4 is 0 Å². The van der Waals surface area contributed by atoms with Crippen LogP contribution >= 0.6 is 0 Å². The first kappa shape index (κ1) is 38.3. The van der Waals surface area contributed by atoms with Gasteiger partial charge in [0.2, 0.25) is 0 Å². The molecule has 59 heavy (non-hydrogen) atoms. The van der Waals surface area contributed by atoms with Crippen molar-refractivity contribution in [3.05, 3.63) is 238 Å². The van der Waals surface area contributed by atoms with Gasteiger partial charge in [0.25, 0.3) is 0 Å². The van der Waals surface area contributed by atoms with E-state index < -0.39 is 0 Å². The maximum Gasteiger partial charge on any atom is 0.0164 e. The molecule has 3 atom stereocenters. The summed E-state index contributed by atoms with van der Waals surface area (Å²) in [7, 11) is 0. The summed E-state index contributed by atoms with van der Waals surface area (Å²) >= 11 is 0. The number of fused-ring (bicyclic) bond motifs is 3. The minimum atomic E-state index is 0.236. The van der Waals surface area contributed by atoms with Gasteiger partial charge in [0.1, 0.15) is 0 Å². The standard InChI is InChI=1S/C59H54/c1-6-49-55(45-25-14-9-15-26-45)38-48(44-23-12-8-13-24-44)35-41(4)58(49)59-42(5)52-33-31-47(37-57(52)53-28-18-19-29-54(53)59)46-30-32-51(40(3)34-43-21-10-7-11-22-43)56(36-46)50-27-17-16-20-39(50)2/h7-33,36-38,40,42,59H,6,34-35H2,1-5H3. The fourth-order valence-electron chi connectivity index (χ4n) is 10.2. The second kappa shape index (κ2) is 16.6. The average Bonchev–Trinajstić information content (AvgIpc) is 3.43. The summed E-state index contributed by atoms with van der Waals surface area (Å²) in [4.78, 5) is 0. The molecule has 0 radical (unpaired) electrons. The van der Waals surface area contributed by atoms with Crippen molar-refractivity contribution in [1.82, 2.24) is 0 Å². The molecule has 7 aromatic carbocycles. The van der Waals surface area contributed by atoms with Crippen molar-refractivity contribution in [3.63, 3.8) is 0 Å². The van der Waals surface area contributed by atoms with Crippen LogP contribution in [0.15, 0.2) is 199 Å². The number of aryl methyl sites for hydroxylation is 1. The molecular weight excluding hydrogens is 709 g/mol. The molecule has 0 N–H and O–H groups in total. The molecule has 0 heterocycles. The van der Waals surface area contributed by atoms with Crippen LogP contribution in [0.2, 0.25) is 0 Å². The third kappa shape index (κ3) is 7.38. The predicted octanol–water partition coefficient (Wildman–Crippen LogP) is 16.2. The number of hydrogen-bond acceptors (Lipinski definition) is 0. The topological polar surface area (TPSA) is 0 Å². The molecular formula is C59H54. The van der Waals surface area contributed by atoms with Gasteiger partial charge in [-0.3, -0.25) is 0 Å². The van der Waals surface area contributed by atoms with Crippen molar-refractivity contribution in [2.24, 2.45) is 0 Å². The zero-order valence-electron chi connectivity index (χ0n) is 35.2. The summed E-state index contributed by atoms with van der Waals surface area (Å²) in [6, 6.07) is 65.7. The number of allylic oxidation sites excluding steroid dienone is 6. The lowest BCUT2D eigenvalue weighted by atomic mass is 9.66. The minimum absolute atomic E-state index is 0.236. The fraction of sp³-hybridized carbons (Fsp3) is 0.186. The molecule has 0 bridgehead atoms. The van der Waals surface area contributed by atoms with Crippen LogP contribution in [-0.4, -0.2) is 0 Å². The summed E-state index contributed by atoms with van der Waals surface area (Å²) in [5.41, 5.74) is 24.7. The summed E-state index contributed by atoms with van der Waals surface area (Å²) < 4.78 is 0. The van der Waals surface area contributed by atoms with Gasteiger partial charge in [-0.1, -0.05) is 190 Å². The van der Waals surface area contributed by atoms with E-state index in [2.05, 4.69) is 217 Å². The van der Waals surface area contributed by atoms with Crippen LogP contribution in [-0.2, 0) is 6.42 Å². The van der Waals surface area contributed by atoms with E-state index in [1.807, 2.05) is 0 Å². The Hall–Kier alpha value is -6.24. The zero-order valence-corrected chi connectivity index (χ0v) is 35.2. The van der Waals surface area contributed by atoms with E-state index in [1.54, 1.807) is 0 Å². The van der Waals surface area contributed by atoms with Crippen molar-refractivity contribution in [2.75, 3.05) is 0 Å². The van der Waals surface area contributed by atoms with Gasteiger partial charge in [0, 0.05) is 5.92 Å². The Kier molecular flexibility index (Phi) is 10.7. The SMILES string of the molecule is CCC1=C(c2ccccc2)C=C(c2ccccc2)CC(C)=C1C1c2ccccc2-c2cc(-c3ccc(C(C)Cc4ccccc4)c(-c4ccccc4C)c3)ccc2C1C. The highest BCUT2D eigenvalue weighted by Crippen LogP contribution is 2.55. The Labute approximate surface area is 352 Å². The normalized spacial score (nSPS) is 16.9. The van der Waals surface area contributed by atoms with Crippen molar-refractivity contribution in [1.29, 1.82) is 0 Å². The Balaban J connectivity index is 1.16. The highest BCUT2D eigenvalue weighted by atomic mass is 14.4. The predicted molar refractivity (Wildman–Crippen MR) is 253 cm³/mol. The molecule has 0 aliphatic heterocycles. The first-order valence-corrected chi connectivity index (χ1v) is 21.6. The first-order chi connectivity index (χ1) is 28.9. The van der Waals surface area contributed by atoms with Gasteiger partial charge in [0.15, 0.2) is 0 Å². The Morgan fingerprint density at radius 2 is 1.14 bits per heavy atom. The third-order valence-corrected chi connectivity index (χ3v) is 13.1. The van der Waals surface area contributed by atoms with E-state index in [0.717, 1.165) is 19.3 Å². The van der Waals surface area contributed by atoms with Crippen LogP contribution in [0.3, 0.4) is 0 Å².